The highest BCUT2D eigenvalue weighted by atomic mass is 32.2. The van der Waals surface area contributed by atoms with Gasteiger partial charge in [0.1, 0.15) is 5.69 Å². The van der Waals surface area contributed by atoms with Crippen molar-refractivity contribution in [2.75, 3.05) is 5.32 Å². The van der Waals surface area contributed by atoms with E-state index in [2.05, 4.69) is 10.4 Å². The monoisotopic (exact) mass is 311 g/mol. The number of carbonyl (C=O) groups excluding carboxylic acids is 1. The van der Waals surface area contributed by atoms with Crippen molar-refractivity contribution in [2.24, 2.45) is 7.05 Å². The summed E-state index contributed by atoms with van der Waals surface area (Å²) in [5.74, 6) is -3.16. The van der Waals surface area contributed by atoms with Crippen LogP contribution in [0.2, 0.25) is 0 Å². The summed E-state index contributed by atoms with van der Waals surface area (Å²) in [7, 11) is 1.42. The number of anilines is 1. The van der Waals surface area contributed by atoms with Gasteiger partial charge in [-0.2, -0.15) is 13.9 Å². The Labute approximate surface area is 123 Å². The lowest BCUT2D eigenvalue weighted by Crippen LogP contribution is -2.23. The molecule has 1 amide bonds. The highest BCUT2D eigenvalue weighted by Crippen LogP contribution is 2.31. The summed E-state index contributed by atoms with van der Waals surface area (Å²) in [5, 5.41) is 6.30. The van der Waals surface area contributed by atoms with Crippen LogP contribution in [-0.4, -0.2) is 21.4 Å². The topological polar surface area (TPSA) is 64.0 Å². The first-order valence-corrected chi connectivity index (χ1v) is 6.75. The van der Waals surface area contributed by atoms with Crippen molar-refractivity contribution in [2.45, 2.75) is 10.7 Å². The lowest BCUT2D eigenvalue weighted by molar-refractivity contribution is 0.102. The maximum Gasteiger partial charge on any atom is 0.288 e. The number of benzene rings is 1. The molecule has 1 N–H and O–H groups in total. The summed E-state index contributed by atoms with van der Waals surface area (Å²) in [4.78, 5) is 23.5. The Morgan fingerprint density at radius 2 is 2.00 bits per heavy atom. The molecule has 8 heteroatoms. The molecule has 2 rings (SSSR count). The molecule has 0 aliphatic carbocycles. The van der Waals surface area contributed by atoms with Crippen molar-refractivity contribution in [3.63, 3.8) is 0 Å². The molecule has 0 aliphatic rings. The number of aromatic nitrogens is 2. The summed E-state index contributed by atoms with van der Waals surface area (Å²) < 4.78 is 25.9. The summed E-state index contributed by atoms with van der Waals surface area (Å²) >= 11 is 0.344. The molecule has 0 bridgehead atoms. The molecular weight excluding hydrogens is 300 g/mol. The van der Waals surface area contributed by atoms with Gasteiger partial charge in [0.25, 0.3) is 17.2 Å². The molecule has 0 saturated heterocycles. The van der Waals surface area contributed by atoms with E-state index in [1.165, 1.54) is 31.3 Å². The largest absolute Gasteiger partial charge is 0.320 e. The van der Waals surface area contributed by atoms with Gasteiger partial charge in [0, 0.05) is 18.0 Å². The Morgan fingerprint density at radius 1 is 1.29 bits per heavy atom. The standard InChI is InChI=1S/C13H11F2N3O2S/c1-18-11(19)7-6-9(17-18)12(20)16-8-4-2-3-5-10(8)21-13(14)15/h2-7,13H,1H3,(H,16,20). The number of nitrogens with one attached hydrogen (secondary N) is 1. The lowest BCUT2D eigenvalue weighted by Gasteiger charge is -2.10. The Hall–Kier alpha value is -2.22. The van der Waals surface area contributed by atoms with Gasteiger partial charge in [-0.25, -0.2) is 4.68 Å². The van der Waals surface area contributed by atoms with Crippen LogP contribution in [0.1, 0.15) is 10.5 Å². The summed E-state index contributed by atoms with van der Waals surface area (Å²) in [5.41, 5.74) is -0.0578. The number of carbonyl (C=O) groups is 1. The summed E-state index contributed by atoms with van der Waals surface area (Å²) in [6.45, 7) is 0. The molecule has 0 fully saturated rings. The van der Waals surface area contributed by atoms with Crippen LogP contribution in [0, 0.1) is 0 Å². The van der Waals surface area contributed by atoms with Crippen LogP contribution in [0.4, 0.5) is 14.5 Å². The van der Waals surface area contributed by atoms with E-state index in [-0.39, 0.29) is 21.8 Å². The maximum atomic E-state index is 12.5. The van der Waals surface area contributed by atoms with Crippen LogP contribution in [0.15, 0.2) is 46.1 Å². The van der Waals surface area contributed by atoms with Crippen molar-refractivity contribution in [3.05, 3.63) is 52.4 Å². The minimum atomic E-state index is -2.58. The van der Waals surface area contributed by atoms with Gasteiger partial charge in [0.05, 0.1) is 5.69 Å². The second-order valence-corrected chi connectivity index (χ2v) is 5.04. The van der Waals surface area contributed by atoms with Crippen molar-refractivity contribution in [1.82, 2.24) is 9.78 Å². The highest BCUT2D eigenvalue weighted by Gasteiger charge is 2.14. The Bertz CT molecular complexity index is 719. The van der Waals surface area contributed by atoms with E-state index < -0.39 is 11.7 Å². The number of thioether (sulfide) groups is 1. The molecule has 110 valence electrons. The van der Waals surface area contributed by atoms with Crippen LogP contribution in [-0.2, 0) is 7.05 Å². The fourth-order valence-corrected chi connectivity index (χ4v) is 2.17. The van der Waals surface area contributed by atoms with Gasteiger partial charge in [0.15, 0.2) is 0 Å². The number of para-hydroxylation sites is 1. The Kier molecular flexibility index (Phi) is 4.69. The minimum Gasteiger partial charge on any atom is -0.320 e. The second kappa shape index (κ2) is 6.49. The zero-order valence-corrected chi connectivity index (χ0v) is 11.7. The zero-order valence-electron chi connectivity index (χ0n) is 10.9. The molecule has 1 aromatic carbocycles. The first-order valence-electron chi connectivity index (χ1n) is 5.87. The van der Waals surface area contributed by atoms with Crippen LogP contribution < -0.4 is 10.9 Å². The number of alkyl halides is 2. The Morgan fingerprint density at radius 3 is 2.67 bits per heavy atom. The molecule has 0 aliphatic heterocycles. The molecule has 1 aromatic heterocycles. The fraction of sp³-hybridized carbons (Fsp3) is 0.154. The van der Waals surface area contributed by atoms with Gasteiger partial charge in [-0.3, -0.25) is 9.59 Å². The van der Waals surface area contributed by atoms with E-state index in [1.807, 2.05) is 0 Å². The predicted octanol–water partition coefficient (Wildman–Crippen LogP) is 2.35. The quantitative estimate of drug-likeness (QED) is 0.880. The van der Waals surface area contributed by atoms with Crippen molar-refractivity contribution >= 4 is 23.4 Å². The van der Waals surface area contributed by atoms with E-state index in [0.29, 0.717) is 11.8 Å². The smallest absolute Gasteiger partial charge is 0.288 e. The number of hydrogen-bond donors (Lipinski definition) is 1. The Balaban J connectivity index is 2.23. The SMILES string of the molecule is Cn1nc(C(=O)Nc2ccccc2SC(F)F)ccc1=O. The van der Waals surface area contributed by atoms with Gasteiger partial charge in [0.2, 0.25) is 0 Å². The van der Waals surface area contributed by atoms with Crippen molar-refractivity contribution in [1.29, 1.82) is 0 Å². The summed E-state index contributed by atoms with van der Waals surface area (Å²) in [6, 6.07) is 8.72. The van der Waals surface area contributed by atoms with Crippen LogP contribution in [0.3, 0.4) is 0 Å². The first kappa shape index (κ1) is 15.2. The number of amides is 1. The number of aryl methyl sites for hydroxylation is 1. The number of rotatable bonds is 4. The van der Waals surface area contributed by atoms with Crippen LogP contribution >= 0.6 is 11.8 Å². The number of hydrogen-bond acceptors (Lipinski definition) is 4. The number of nitrogens with zero attached hydrogens (tertiary/aromatic N) is 2. The van der Waals surface area contributed by atoms with Gasteiger partial charge in [-0.05, 0) is 18.2 Å². The molecule has 0 unspecified atom stereocenters. The molecular formula is C13H11F2N3O2S. The van der Waals surface area contributed by atoms with E-state index in [0.717, 1.165) is 4.68 Å². The van der Waals surface area contributed by atoms with Crippen LogP contribution in [0.25, 0.3) is 0 Å². The average molecular weight is 311 g/mol. The second-order valence-electron chi connectivity index (χ2n) is 4.01. The van der Waals surface area contributed by atoms with Crippen molar-refractivity contribution in [3.8, 4) is 0 Å². The molecule has 0 atom stereocenters. The molecule has 1 heterocycles. The average Bonchev–Trinajstić information content (AvgIpc) is 2.43. The molecule has 5 nitrogen and oxygen atoms in total. The number of halogens is 2. The van der Waals surface area contributed by atoms with Crippen LogP contribution in [0.5, 0.6) is 0 Å². The van der Waals surface area contributed by atoms with Gasteiger partial charge in [-0.15, -0.1) is 0 Å². The fourth-order valence-electron chi connectivity index (χ4n) is 1.58. The van der Waals surface area contributed by atoms with E-state index in [1.54, 1.807) is 12.1 Å². The normalized spacial score (nSPS) is 10.7. The van der Waals surface area contributed by atoms with E-state index >= 15 is 0 Å². The predicted molar refractivity (Wildman–Crippen MR) is 75.7 cm³/mol. The van der Waals surface area contributed by atoms with Gasteiger partial charge >= 0.3 is 0 Å². The third-order valence-corrected chi connectivity index (χ3v) is 3.33. The van der Waals surface area contributed by atoms with E-state index in [4.69, 9.17) is 0 Å². The molecule has 0 saturated carbocycles. The zero-order chi connectivity index (χ0) is 15.4. The van der Waals surface area contributed by atoms with Gasteiger partial charge < -0.3 is 5.32 Å². The molecule has 2 aromatic rings. The van der Waals surface area contributed by atoms with Crippen molar-refractivity contribution < 1.29 is 13.6 Å². The lowest BCUT2D eigenvalue weighted by atomic mass is 10.3. The third kappa shape index (κ3) is 3.88. The highest BCUT2D eigenvalue weighted by molar-refractivity contribution is 7.99. The van der Waals surface area contributed by atoms with Gasteiger partial charge in [-0.1, -0.05) is 23.9 Å². The molecule has 0 radical (unpaired) electrons. The van der Waals surface area contributed by atoms with E-state index in [9.17, 15) is 18.4 Å². The third-order valence-electron chi connectivity index (χ3n) is 2.54. The minimum absolute atomic E-state index is 0.0222. The first-order chi connectivity index (χ1) is 9.97. The maximum absolute atomic E-state index is 12.5. The summed E-state index contributed by atoms with van der Waals surface area (Å²) in [6.07, 6.45) is 0. The molecule has 21 heavy (non-hydrogen) atoms. The molecule has 0 spiro atoms.